The quantitative estimate of drug-likeness (QED) is 0.511. The Balaban J connectivity index is 2.35. The maximum absolute atomic E-state index is 10.4. The predicted molar refractivity (Wildman–Crippen MR) is 43.0 cm³/mol. The number of nitrogens with one attached hydrogen (secondary N) is 1. The second kappa shape index (κ2) is 3.73. The minimum Gasteiger partial charge on any atom is -0.465 e. The first kappa shape index (κ1) is 9.28. The lowest BCUT2D eigenvalue weighted by atomic mass is 10.1. The van der Waals surface area contributed by atoms with Gasteiger partial charge in [0.15, 0.2) is 0 Å². The van der Waals surface area contributed by atoms with E-state index in [0.717, 1.165) is 0 Å². The van der Waals surface area contributed by atoms with Gasteiger partial charge in [-0.1, -0.05) is 0 Å². The number of nitrogens with zero attached hydrogens (tertiary/aromatic N) is 1. The Morgan fingerprint density at radius 3 is 2.75 bits per heavy atom. The fourth-order valence-corrected chi connectivity index (χ4v) is 1.34. The summed E-state index contributed by atoms with van der Waals surface area (Å²) in [6, 6.07) is 0. The zero-order valence-electron chi connectivity index (χ0n) is 7.03. The highest BCUT2D eigenvalue weighted by molar-refractivity contribution is 5.64. The van der Waals surface area contributed by atoms with Crippen molar-refractivity contribution in [3.05, 3.63) is 0 Å². The Morgan fingerprint density at radius 1 is 1.67 bits per heavy atom. The minimum atomic E-state index is -0.950. The maximum Gasteiger partial charge on any atom is 0.407 e. The molecule has 1 fully saturated rings. The number of β-amino-alcohol motifs (C(OH)–C–C–N with tert-alkyl or cyclic N) is 1. The van der Waals surface area contributed by atoms with E-state index in [2.05, 4.69) is 5.32 Å². The molecule has 70 valence electrons. The van der Waals surface area contributed by atoms with Gasteiger partial charge in [0.25, 0.3) is 0 Å². The molecule has 1 heterocycles. The number of carboxylic acid groups (broad SMARTS) is 1. The van der Waals surface area contributed by atoms with E-state index in [1.165, 1.54) is 11.9 Å². The van der Waals surface area contributed by atoms with Gasteiger partial charge in [0.1, 0.15) is 0 Å². The summed E-state index contributed by atoms with van der Waals surface area (Å²) in [5.74, 6) is 0.0334. The van der Waals surface area contributed by atoms with Crippen LogP contribution in [0.25, 0.3) is 0 Å². The van der Waals surface area contributed by atoms with Gasteiger partial charge in [0.2, 0.25) is 0 Å². The first-order valence-corrected chi connectivity index (χ1v) is 3.94. The Bertz CT molecular complexity index is 174. The molecule has 0 spiro atoms. The molecule has 5 nitrogen and oxygen atoms in total. The van der Waals surface area contributed by atoms with Crippen molar-refractivity contribution in [2.24, 2.45) is 5.92 Å². The number of aliphatic hydroxyl groups is 1. The van der Waals surface area contributed by atoms with Crippen LogP contribution < -0.4 is 5.32 Å². The molecule has 1 aliphatic heterocycles. The van der Waals surface area contributed by atoms with Gasteiger partial charge in [0, 0.05) is 32.6 Å². The lowest BCUT2D eigenvalue weighted by Crippen LogP contribution is -2.35. The molecule has 0 radical (unpaired) electrons. The highest BCUT2D eigenvalue weighted by atomic mass is 16.4. The Hall–Kier alpha value is -0.810. The van der Waals surface area contributed by atoms with E-state index in [-0.39, 0.29) is 5.92 Å². The molecule has 0 aromatic rings. The van der Waals surface area contributed by atoms with E-state index in [1.807, 2.05) is 0 Å². The molecule has 1 amide bonds. The molecule has 5 heteroatoms. The van der Waals surface area contributed by atoms with Crippen LogP contribution in [-0.2, 0) is 0 Å². The first-order valence-electron chi connectivity index (χ1n) is 3.94. The van der Waals surface area contributed by atoms with Crippen LogP contribution in [0.4, 0.5) is 4.79 Å². The van der Waals surface area contributed by atoms with Crippen LogP contribution in [0.5, 0.6) is 0 Å². The lowest BCUT2D eigenvalue weighted by molar-refractivity contribution is 0.112. The van der Waals surface area contributed by atoms with Crippen LogP contribution in [0, 0.1) is 5.92 Å². The topological polar surface area (TPSA) is 72.8 Å². The van der Waals surface area contributed by atoms with Crippen molar-refractivity contribution in [3.63, 3.8) is 0 Å². The second-order valence-electron chi connectivity index (χ2n) is 3.15. The average Bonchev–Trinajstić information content (AvgIpc) is 2.36. The third-order valence-electron chi connectivity index (χ3n) is 2.14. The van der Waals surface area contributed by atoms with Crippen molar-refractivity contribution in [3.8, 4) is 0 Å². The third kappa shape index (κ3) is 2.09. The largest absolute Gasteiger partial charge is 0.465 e. The summed E-state index contributed by atoms with van der Waals surface area (Å²) in [5.41, 5.74) is 0. The number of hydrogen-bond donors (Lipinski definition) is 3. The van der Waals surface area contributed by atoms with E-state index >= 15 is 0 Å². The van der Waals surface area contributed by atoms with Gasteiger partial charge >= 0.3 is 6.09 Å². The van der Waals surface area contributed by atoms with E-state index in [4.69, 9.17) is 5.11 Å². The van der Waals surface area contributed by atoms with Crippen LogP contribution in [0.15, 0.2) is 0 Å². The molecule has 12 heavy (non-hydrogen) atoms. The zero-order valence-corrected chi connectivity index (χ0v) is 7.03. The monoisotopic (exact) mass is 174 g/mol. The van der Waals surface area contributed by atoms with Crippen molar-refractivity contribution in [2.45, 2.75) is 6.10 Å². The smallest absolute Gasteiger partial charge is 0.407 e. The summed E-state index contributed by atoms with van der Waals surface area (Å²) in [4.78, 5) is 11.6. The van der Waals surface area contributed by atoms with Crippen LogP contribution in [0.1, 0.15) is 0 Å². The Kier molecular flexibility index (Phi) is 2.88. The van der Waals surface area contributed by atoms with Crippen LogP contribution >= 0.6 is 0 Å². The van der Waals surface area contributed by atoms with E-state index < -0.39 is 12.2 Å². The van der Waals surface area contributed by atoms with E-state index in [1.54, 1.807) is 0 Å². The minimum absolute atomic E-state index is 0.0334. The highest BCUT2D eigenvalue weighted by Crippen LogP contribution is 2.09. The van der Waals surface area contributed by atoms with Crippen molar-refractivity contribution in [2.75, 3.05) is 26.7 Å². The number of rotatable bonds is 2. The number of hydrogen-bond acceptors (Lipinski definition) is 3. The average molecular weight is 174 g/mol. The molecular weight excluding hydrogens is 160 g/mol. The predicted octanol–water partition coefficient (Wildman–Crippen LogP) is -0.823. The number of aliphatic hydroxyl groups excluding tert-OH is 1. The van der Waals surface area contributed by atoms with Crippen LogP contribution in [-0.4, -0.2) is 54.0 Å². The van der Waals surface area contributed by atoms with Crippen LogP contribution in [0.3, 0.4) is 0 Å². The molecule has 0 aromatic heterocycles. The summed E-state index contributed by atoms with van der Waals surface area (Å²) in [5, 5.41) is 20.9. The Morgan fingerprint density at radius 2 is 2.33 bits per heavy atom. The normalized spacial score (nSPS) is 28.8. The van der Waals surface area contributed by atoms with Gasteiger partial charge < -0.3 is 20.4 Å². The molecule has 1 saturated heterocycles. The standard InChI is InChI=1S/C7H14N2O3/c1-9(7(11)12)4-5-2-8-3-6(5)10/h5-6,8,10H,2-4H2,1H3,(H,11,12). The molecule has 3 N–H and O–H groups in total. The first-order chi connectivity index (χ1) is 5.61. The summed E-state index contributed by atoms with van der Waals surface area (Å²) < 4.78 is 0. The van der Waals surface area contributed by atoms with Crippen molar-refractivity contribution >= 4 is 6.09 Å². The SMILES string of the molecule is CN(CC1CNCC1O)C(=O)O. The summed E-state index contributed by atoms with van der Waals surface area (Å²) in [6.45, 7) is 1.65. The third-order valence-corrected chi connectivity index (χ3v) is 2.14. The van der Waals surface area contributed by atoms with Gasteiger partial charge in [0.05, 0.1) is 6.10 Å². The van der Waals surface area contributed by atoms with Crippen molar-refractivity contribution in [1.82, 2.24) is 10.2 Å². The molecule has 0 aromatic carbocycles. The maximum atomic E-state index is 10.4. The zero-order chi connectivity index (χ0) is 9.14. The van der Waals surface area contributed by atoms with Gasteiger partial charge in [-0.2, -0.15) is 0 Å². The lowest BCUT2D eigenvalue weighted by Gasteiger charge is -2.19. The van der Waals surface area contributed by atoms with Crippen molar-refractivity contribution in [1.29, 1.82) is 0 Å². The summed E-state index contributed by atoms with van der Waals surface area (Å²) in [6.07, 6.45) is -1.36. The van der Waals surface area contributed by atoms with Crippen molar-refractivity contribution < 1.29 is 15.0 Å². The number of carbonyl (C=O) groups is 1. The molecule has 0 bridgehead atoms. The highest BCUT2D eigenvalue weighted by Gasteiger charge is 2.26. The summed E-state index contributed by atoms with van der Waals surface area (Å²) >= 11 is 0. The van der Waals surface area contributed by atoms with Crippen LogP contribution in [0.2, 0.25) is 0 Å². The van der Waals surface area contributed by atoms with Gasteiger partial charge in [-0.15, -0.1) is 0 Å². The molecule has 1 rings (SSSR count). The molecule has 0 aliphatic carbocycles. The van der Waals surface area contributed by atoms with E-state index in [0.29, 0.717) is 19.6 Å². The van der Waals surface area contributed by atoms with E-state index in [9.17, 15) is 9.90 Å². The second-order valence-corrected chi connectivity index (χ2v) is 3.15. The van der Waals surface area contributed by atoms with Gasteiger partial charge in [-0.05, 0) is 0 Å². The fourth-order valence-electron chi connectivity index (χ4n) is 1.34. The molecule has 2 unspecified atom stereocenters. The molecule has 1 aliphatic rings. The number of amides is 1. The van der Waals surface area contributed by atoms with Gasteiger partial charge in [-0.3, -0.25) is 0 Å². The molecular formula is C7H14N2O3. The molecule has 0 saturated carbocycles. The summed E-state index contributed by atoms with van der Waals surface area (Å²) in [7, 11) is 1.51. The molecule has 2 atom stereocenters. The fraction of sp³-hybridized carbons (Fsp3) is 0.857. The van der Waals surface area contributed by atoms with Gasteiger partial charge in [-0.25, -0.2) is 4.79 Å². The Labute approximate surface area is 71.0 Å².